The number of amides is 2. The van der Waals surface area contributed by atoms with Gasteiger partial charge in [0.2, 0.25) is 0 Å². The fourth-order valence-electron chi connectivity index (χ4n) is 2.97. The van der Waals surface area contributed by atoms with Crippen LogP contribution in [0.25, 0.3) is 0 Å². The zero-order chi connectivity index (χ0) is 24.7. The fourth-order valence-corrected chi connectivity index (χ4v) is 5.02. The Morgan fingerprint density at radius 3 is 2.32 bits per heavy atom. The number of sulfone groups is 1. The van der Waals surface area contributed by atoms with Gasteiger partial charge in [0.15, 0.2) is 9.84 Å². The number of carbonyl (C=O) groups is 2. The standard InChI is InChI=1S/C24H23BrN4O4S/c1-16(18-10-6-11-19(14-18)27-24(31)17-8-4-3-5-9-17)28-29-22(30)15-26-20-12-7-13-21(23(20)25)34(2,32)33/h3-14,26H,15H2,1-2H3,(H,27,31)(H,29,30)/b28-16-. The van der Waals surface area contributed by atoms with Crippen LogP contribution < -0.4 is 16.1 Å². The van der Waals surface area contributed by atoms with Crippen LogP contribution in [-0.4, -0.2) is 38.7 Å². The van der Waals surface area contributed by atoms with Gasteiger partial charge in [0, 0.05) is 17.5 Å². The number of hydrogen-bond acceptors (Lipinski definition) is 6. The maximum Gasteiger partial charge on any atom is 0.259 e. The molecule has 0 heterocycles. The van der Waals surface area contributed by atoms with Crippen LogP contribution in [0.1, 0.15) is 22.8 Å². The van der Waals surface area contributed by atoms with Crippen molar-refractivity contribution in [2.75, 3.05) is 23.4 Å². The molecule has 0 aliphatic rings. The number of hydrogen-bond donors (Lipinski definition) is 3. The molecule has 3 rings (SSSR count). The summed E-state index contributed by atoms with van der Waals surface area (Å²) in [6, 6.07) is 20.7. The number of rotatable bonds is 8. The number of hydrazone groups is 1. The Kier molecular flexibility index (Phi) is 8.19. The minimum absolute atomic E-state index is 0.115. The van der Waals surface area contributed by atoms with Crippen molar-refractivity contribution in [3.8, 4) is 0 Å². The van der Waals surface area contributed by atoms with Crippen LogP contribution in [0.3, 0.4) is 0 Å². The lowest BCUT2D eigenvalue weighted by Crippen LogP contribution is -2.27. The summed E-state index contributed by atoms with van der Waals surface area (Å²) in [6.45, 7) is 1.62. The Labute approximate surface area is 206 Å². The minimum atomic E-state index is -3.41. The van der Waals surface area contributed by atoms with Crippen LogP contribution in [0.2, 0.25) is 0 Å². The summed E-state index contributed by atoms with van der Waals surface area (Å²) in [4.78, 5) is 24.7. The maximum atomic E-state index is 12.4. The average molecular weight is 543 g/mol. The molecule has 0 atom stereocenters. The summed E-state index contributed by atoms with van der Waals surface area (Å²) >= 11 is 3.27. The number of halogens is 1. The fraction of sp³-hybridized carbons (Fsp3) is 0.125. The van der Waals surface area contributed by atoms with Crippen molar-refractivity contribution in [2.45, 2.75) is 11.8 Å². The smallest absolute Gasteiger partial charge is 0.259 e. The van der Waals surface area contributed by atoms with Gasteiger partial charge in [0.25, 0.3) is 11.8 Å². The van der Waals surface area contributed by atoms with E-state index in [-0.39, 0.29) is 17.3 Å². The molecular weight excluding hydrogens is 520 g/mol. The maximum absolute atomic E-state index is 12.4. The predicted octanol–water partition coefficient (Wildman–Crippen LogP) is 4.06. The van der Waals surface area contributed by atoms with Crippen molar-refractivity contribution >= 4 is 54.7 Å². The lowest BCUT2D eigenvalue weighted by Gasteiger charge is -2.11. The minimum Gasteiger partial charge on any atom is -0.375 e. The second-order valence-electron chi connectivity index (χ2n) is 7.38. The Hall–Kier alpha value is -3.50. The number of nitrogens with one attached hydrogen (secondary N) is 3. The first-order valence-electron chi connectivity index (χ1n) is 10.2. The van der Waals surface area contributed by atoms with Crippen LogP contribution in [-0.2, 0) is 14.6 Å². The Balaban J connectivity index is 1.60. The van der Waals surface area contributed by atoms with Crippen molar-refractivity contribution < 1.29 is 18.0 Å². The molecule has 34 heavy (non-hydrogen) atoms. The highest BCUT2D eigenvalue weighted by molar-refractivity contribution is 9.10. The molecule has 0 bridgehead atoms. The zero-order valence-electron chi connectivity index (χ0n) is 18.5. The molecule has 8 nitrogen and oxygen atoms in total. The first-order valence-corrected chi connectivity index (χ1v) is 12.9. The molecule has 3 N–H and O–H groups in total. The van der Waals surface area contributed by atoms with Gasteiger partial charge in [-0.2, -0.15) is 5.10 Å². The van der Waals surface area contributed by atoms with Gasteiger partial charge in [0.05, 0.1) is 27.3 Å². The van der Waals surface area contributed by atoms with Gasteiger partial charge in [-0.3, -0.25) is 9.59 Å². The molecule has 176 valence electrons. The second kappa shape index (κ2) is 11.1. The molecule has 2 amide bonds. The van der Waals surface area contributed by atoms with Gasteiger partial charge in [-0.25, -0.2) is 13.8 Å². The molecule has 3 aromatic rings. The quantitative estimate of drug-likeness (QED) is 0.293. The van der Waals surface area contributed by atoms with E-state index in [2.05, 4.69) is 37.1 Å². The number of anilines is 2. The van der Waals surface area contributed by atoms with Crippen LogP contribution in [0.5, 0.6) is 0 Å². The molecule has 0 fully saturated rings. The highest BCUT2D eigenvalue weighted by Crippen LogP contribution is 2.29. The number of benzene rings is 3. The molecule has 0 unspecified atom stereocenters. The van der Waals surface area contributed by atoms with E-state index in [0.29, 0.717) is 27.1 Å². The topological polar surface area (TPSA) is 117 Å². The van der Waals surface area contributed by atoms with Gasteiger partial charge in [-0.05, 0) is 64.8 Å². The molecular formula is C24H23BrN4O4S. The lowest BCUT2D eigenvalue weighted by atomic mass is 10.1. The van der Waals surface area contributed by atoms with E-state index in [1.807, 2.05) is 12.1 Å². The summed E-state index contributed by atoms with van der Waals surface area (Å²) in [7, 11) is -3.41. The van der Waals surface area contributed by atoms with E-state index in [1.165, 1.54) is 6.07 Å². The van der Waals surface area contributed by atoms with Crippen LogP contribution in [0, 0.1) is 0 Å². The second-order valence-corrected chi connectivity index (χ2v) is 10.2. The van der Waals surface area contributed by atoms with Crippen molar-refractivity contribution in [3.63, 3.8) is 0 Å². The van der Waals surface area contributed by atoms with Gasteiger partial charge in [-0.1, -0.05) is 36.4 Å². The third-order valence-corrected chi connectivity index (χ3v) is 6.98. The van der Waals surface area contributed by atoms with Gasteiger partial charge < -0.3 is 10.6 Å². The van der Waals surface area contributed by atoms with E-state index in [1.54, 1.807) is 61.5 Å². The van der Waals surface area contributed by atoms with Crippen LogP contribution >= 0.6 is 15.9 Å². The third-order valence-electron chi connectivity index (χ3n) is 4.72. The van der Waals surface area contributed by atoms with Crippen molar-refractivity contribution in [1.82, 2.24) is 5.43 Å². The van der Waals surface area contributed by atoms with E-state index in [9.17, 15) is 18.0 Å². The summed E-state index contributed by atoms with van der Waals surface area (Å²) in [5.74, 6) is -0.637. The van der Waals surface area contributed by atoms with Crippen molar-refractivity contribution in [2.24, 2.45) is 5.10 Å². The predicted molar refractivity (Wildman–Crippen MR) is 137 cm³/mol. The summed E-state index contributed by atoms with van der Waals surface area (Å²) in [5, 5.41) is 9.85. The molecule has 0 aromatic heterocycles. The third kappa shape index (κ3) is 6.75. The van der Waals surface area contributed by atoms with Crippen LogP contribution in [0.4, 0.5) is 11.4 Å². The largest absolute Gasteiger partial charge is 0.375 e. The molecule has 0 radical (unpaired) electrons. The van der Waals surface area contributed by atoms with Crippen molar-refractivity contribution in [3.05, 3.63) is 88.4 Å². The van der Waals surface area contributed by atoms with Gasteiger partial charge in [-0.15, -0.1) is 0 Å². The van der Waals surface area contributed by atoms with E-state index in [4.69, 9.17) is 0 Å². The van der Waals surface area contributed by atoms with E-state index < -0.39 is 15.7 Å². The van der Waals surface area contributed by atoms with Crippen molar-refractivity contribution in [1.29, 1.82) is 0 Å². The first kappa shape index (κ1) is 25.1. The van der Waals surface area contributed by atoms with E-state index in [0.717, 1.165) is 11.8 Å². The molecule has 0 aliphatic heterocycles. The van der Waals surface area contributed by atoms with Gasteiger partial charge >= 0.3 is 0 Å². The zero-order valence-corrected chi connectivity index (χ0v) is 20.9. The molecule has 10 heteroatoms. The molecule has 0 aliphatic carbocycles. The lowest BCUT2D eigenvalue weighted by molar-refractivity contribution is -0.119. The average Bonchev–Trinajstić information content (AvgIpc) is 2.81. The normalized spacial score (nSPS) is 11.6. The molecule has 0 saturated carbocycles. The summed E-state index contributed by atoms with van der Waals surface area (Å²) in [5.41, 5.74) is 5.36. The molecule has 0 spiro atoms. The monoisotopic (exact) mass is 542 g/mol. The Bertz CT molecular complexity index is 1340. The van der Waals surface area contributed by atoms with Gasteiger partial charge in [0.1, 0.15) is 0 Å². The first-order chi connectivity index (χ1) is 16.1. The Morgan fingerprint density at radius 1 is 0.941 bits per heavy atom. The van der Waals surface area contributed by atoms with E-state index >= 15 is 0 Å². The molecule has 3 aromatic carbocycles. The van der Waals surface area contributed by atoms with Crippen LogP contribution in [0.15, 0.2) is 87.3 Å². The number of carbonyl (C=O) groups excluding carboxylic acids is 2. The SMILES string of the molecule is C/C(=N/NC(=O)CNc1cccc(S(C)(=O)=O)c1Br)c1cccc(NC(=O)c2ccccc2)c1. The summed E-state index contributed by atoms with van der Waals surface area (Å²) < 4.78 is 24.0. The highest BCUT2D eigenvalue weighted by Gasteiger charge is 2.15. The molecule has 0 saturated heterocycles. The Morgan fingerprint density at radius 2 is 1.62 bits per heavy atom. The highest BCUT2D eigenvalue weighted by atomic mass is 79.9. The number of nitrogens with zero attached hydrogens (tertiary/aromatic N) is 1. The summed E-state index contributed by atoms with van der Waals surface area (Å²) in [6.07, 6.45) is 1.11.